The van der Waals surface area contributed by atoms with Crippen LogP contribution in [0.3, 0.4) is 0 Å². The quantitative estimate of drug-likeness (QED) is 0.342. The minimum absolute atomic E-state index is 0.568. The molecule has 1 aliphatic rings. The topological polar surface area (TPSA) is 12.5 Å². The van der Waals surface area contributed by atoms with Crippen molar-refractivity contribution in [1.82, 2.24) is 0 Å². The minimum atomic E-state index is 0.568. The second-order valence-electron chi connectivity index (χ2n) is 2.94. The monoisotopic (exact) mass is 152 g/mol. The van der Waals surface area contributed by atoms with E-state index in [1.165, 1.54) is 19.3 Å². The maximum Gasteiger partial charge on any atom is 0.0842 e. The van der Waals surface area contributed by atoms with Crippen LogP contribution in [0.1, 0.15) is 39.5 Å². The van der Waals surface area contributed by atoms with E-state index >= 15 is 0 Å². The van der Waals surface area contributed by atoms with Crippen molar-refractivity contribution in [1.29, 1.82) is 0 Å². The third kappa shape index (κ3) is 2.95. The molecular weight excluding hydrogens is 136 g/mol. The predicted molar refractivity (Wildman–Crippen MR) is 46.3 cm³/mol. The van der Waals surface area contributed by atoms with Gasteiger partial charge in [-0.2, -0.15) is 0 Å². The third-order valence-electron chi connectivity index (χ3n) is 2.06. The predicted octanol–water partition coefficient (Wildman–Crippen LogP) is 2.36. The number of hydrogen-bond acceptors (Lipinski definition) is 1. The van der Waals surface area contributed by atoms with Crippen LogP contribution in [0.5, 0.6) is 0 Å². The van der Waals surface area contributed by atoms with Crippen LogP contribution in [-0.4, -0.2) is 12.2 Å². The molecule has 0 aromatic heterocycles. The first-order valence-electron chi connectivity index (χ1n) is 4.43. The summed E-state index contributed by atoms with van der Waals surface area (Å²) in [6, 6.07) is 0. The van der Waals surface area contributed by atoms with Gasteiger partial charge in [-0.05, 0) is 26.2 Å². The highest BCUT2D eigenvalue weighted by Gasteiger charge is 2.35. The first kappa shape index (κ1) is 8.62. The van der Waals surface area contributed by atoms with Crippen molar-refractivity contribution in [2.75, 3.05) is 0 Å². The number of ether oxygens (including phenoxy) is 1. The summed E-state index contributed by atoms with van der Waals surface area (Å²) in [4.78, 5) is 0. The van der Waals surface area contributed by atoms with Gasteiger partial charge in [0.2, 0.25) is 0 Å². The Morgan fingerprint density at radius 1 is 1.36 bits per heavy atom. The standard InChI is InChI=1S/C10H16O/c1-3-5-6-7-8-10-9(4-2)11-10/h9-10H,4,6-8H2,1-2H3/t9-,10-/m0/s1. The van der Waals surface area contributed by atoms with Crippen LogP contribution in [-0.2, 0) is 4.74 Å². The molecule has 0 radical (unpaired) electrons. The van der Waals surface area contributed by atoms with Crippen LogP contribution in [0.4, 0.5) is 0 Å². The molecule has 0 spiro atoms. The highest BCUT2D eigenvalue weighted by Crippen LogP contribution is 2.29. The summed E-state index contributed by atoms with van der Waals surface area (Å²) in [6.45, 7) is 4.07. The van der Waals surface area contributed by atoms with E-state index in [1.807, 2.05) is 6.92 Å². The van der Waals surface area contributed by atoms with Gasteiger partial charge in [0.1, 0.15) is 0 Å². The zero-order chi connectivity index (χ0) is 8.10. The van der Waals surface area contributed by atoms with Crippen molar-refractivity contribution in [3.8, 4) is 11.8 Å². The van der Waals surface area contributed by atoms with Gasteiger partial charge in [0, 0.05) is 6.42 Å². The average molecular weight is 152 g/mol. The van der Waals surface area contributed by atoms with Crippen LogP contribution in [0.2, 0.25) is 0 Å². The molecule has 0 aromatic rings. The van der Waals surface area contributed by atoms with Crippen LogP contribution in [0.25, 0.3) is 0 Å². The number of rotatable bonds is 4. The normalized spacial score (nSPS) is 27.5. The van der Waals surface area contributed by atoms with Crippen LogP contribution < -0.4 is 0 Å². The summed E-state index contributed by atoms with van der Waals surface area (Å²) in [6.07, 6.45) is 5.75. The zero-order valence-corrected chi connectivity index (χ0v) is 7.39. The summed E-state index contributed by atoms with van der Waals surface area (Å²) >= 11 is 0. The molecular formula is C10H16O. The smallest absolute Gasteiger partial charge is 0.0842 e. The molecule has 1 rings (SSSR count). The molecule has 0 unspecified atom stereocenters. The molecule has 1 heteroatoms. The molecule has 62 valence electrons. The molecule has 0 N–H and O–H groups in total. The second kappa shape index (κ2) is 4.41. The lowest BCUT2D eigenvalue weighted by molar-refractivity contribution is 0.357. The van der Waals surface area contributed by atoms with Gasteiger partial charge >= 0.3 is 0 Å². The molecule has 0 aromatic carbocycles. The summed E-state index contributed by atoms with van der Waals surface area (Å²) in [5, 5.41) is 0. The van der Waals surface area contributed by atoms with Crippen LogP contribution in [0.15, 0.2) is 0 Å². The Morgan fingerprint density at radius 3 is 2.73 bits per heavy atom. The highest BCUT2D eigenvalue weighted by atomic mass is 16.6. The van der Waals surface area contributed by atoms with Crippen molar-refractivity contribution in [3.63, 3.8) is 0 Å². The SMILES string of the molecule is CC#CCCC[C@@H]1O[C@H]1CC. The van der Waals surface area contributed by atoms with E-state index in [4.69, 9.17) is 4.74 Å². The Hall–Kier alpha value is -0.480. The zero-order valence-electron chi connectivity index (χ0n) is 7.39. The number of epoxide rings is 1. The molecule has 0 amide bonds. The van der Waals surface area contributed by atoms with E-state index < -0.39 is 0 Å². The van der Waals surface area contributed by atoms with Gasteiger partial charge in [0.05, 0.1) is 12.2 Å². The Kier molecular flexibility index (Phi) is 3.45. The van der Waals surface area contributed by atoms with Crippen molar-refractivity contribution < 1.29 is 4.74 Å². The van der Waals surface area contributed by atoms with Gasteiger partial charge in [-0.1, -0.05) is 6.92 Å². The van der Waals surface area contributed by atoms with E-state index in [0.717, 1.165) is 6.42 Å². The van der Waals surface area contributed by atoms with E-state index in [-0.39, 0.29) is 0 Å². The first-order valence-corrected chi connectivity index (χ1v) is 4.43. The fraction of sp³-hybridized carbons (Fsp3) is 0.800. The van der Waals surface area contributed by atoms with E-state index in [0.29, 0.717) is 12.2 Å². The fourth-order valence-corrected chi connectivity index (χ4v) is 1.31. The van der Waals surface area contributed by atoms with Crippen molar-refractivity contribution in [2.24, 2.45) is 0 Å². The Balaban J connectivity index is 1.92. The molecule has 1 fully saturated rings. The molecule has 11 heavy (non-hydrogen) atoms. The molecule has 1 saturated heterocycles. The molecule has 0 aliphatic carbocycles. The maximum atomic E-state index is 5.40. The highest BCUT2D eigenvalue weighted by molar-refractivity contribution is 4.95. The van der Waals surface area contributed by atoms with Crippen molar-refractivity contribution >= 4 is 0 Å². The lowest BCUT2D eigenvalue weighted by Gasteiger charge is -1.89. The Morgan fingerprint density at radius 2 is 2.18 bits per heavy atom. The molecule has 1 nitrogen and oxygen atoms in total. The lowest BCUT2D eigenvalue weighted by Crippen LogP contribution is -1.91. The Bertz CT molecular complexity index is 163. The third-order valence-corrected chi connectivity index (χ3v) is 2.06. The molecule has 2 atom stereocenters. The molecule has 1 aliphatic heterocycles. The largest absolute Gasteiger partial charge is 0.370 e. The summed E-state index contributed by atoms with van der Waals surface area (Å²) in [5.41, 5.74) is 0. The summed E-state index contributed by atoms with van der Waals surface area (Å²) in [5.74, 6) is 5.95. The van der Waals surface area contributed by atoms with Gasteiger partial charge in [-0.25, -0.2) is 0 Å². The van der Waals surface area contributed by atoms with Crippen molar-refractivity contribution in [2.45, 2.75) is 51.7 Å². The average Bonchev–Trinajstić information content (AvgIpc) is 2.77. The number of hydrogen-bond donors (Lipinski definition) is 0. The lowest BCUT2D eigenvalue weighted by atomic mass is 10.1. The summed E-state index contributed by atoms with van der Waals surface area (Å²) in [7, 11) is 0. The van der Waals surface area contributed by atoms with Crippen molar-refractivity contribution in [3.05, 3.63) is 0 Å². The van der Waals surface area contributed by atoms with Crippen LogP contribution in [0, 0.1) is 11.8 Å². The summed E-state index contributed by atoms with van der Waals surface area (Å²) < 4.78 is 5.40. The van der Waals surface area contributed by atoms with E-state index in [2.05, 4.69) is 18.8 Å². The van der Waals surface area contributed by atoms with E-state index in [1.54, 1.807) is 0 Å². The van der Waals surface area contributed by atoms with Crippen LogP contribution >= 0.6 is 0 Å². The van der Waals surface area contributed by atoms with Gasteiger partial charge in [0.15, 0.2) is 0 Å². The Labute approximate surface area is 69.1 Å². The maximum absolute atomic E-state index is 5.40. The molecule has 0 saturated carbocycles. The minimum Gasteiger partial charge on any atom is -0.370 e. The van der Waals surface area contributed by atoms with E-state index in [9.17, 15) is 0 Å². The second-order valence-corrected chi connectivity index (χ2v) is 2.94. The van der Waals surface area contributed by atoms with Gasteiger partial charge in [0.25, 0.3) is 0 Å². The number of unbranched alkanes of at least 4 members (excludes halogenated alkanes) is 1. The van der Waals surface area contributed by atoms with Gasteiger partial charge in [-0.15, -0.1) is 11.8 Å². The fourth-order valence-electron chi connectivity index (χ4n) is 1.31. The molecule has 1 heterocycles. The first-order chi connectivity index (χ1) is 5.38. The molecule has 0 bridgehead atoms. The van der Waals surface area contributed by atoms with Gasteiger partial charge in [-0.3, -0.25) is 0 Å². The van der Waals surface area contributed by atoms with Gasteiger partial charge < -0.3 is 4.74 Å².